The first-order chi connectivity index (χ1) is 9.08. The Bertz CT molecular complexity index is 581. The van der Waals surface area contributed by atoms with E-state index in [0.717, 1.165) is 5.56 Å². The number of rotatable bonds is 4. The highest BCUT2D eigenvalue weighted by Crippen LogP contribution is 2.19. The summed E-state index contributed by atoms with van der Waals surface area (Å²) in [6.07, 6.45) is 0.219. The van der Waals surface area contributed by atoms with Crippen LogP contribution in [0.1, 0.15) is 33.9 Å². The van der Waals surface area contributed by atoms with Crippen LogP contribution >= 0.6 is 0 Å². The van der Waals surface area contributed by atoms with Crippen LogP contribution in [-0.4, -0.2) is 5.78 Å². The van der Waals surface area contributed by atoms with E-state index in [4.69, 9.17) is 5.73 Å². The van der Waals surface area contributed by atoms with Gasteiger partial charge in [-0.3, -0.25) is 4.79 Å². The van der Waals surface area contributed by atoms with Crippen LogP contribution in [0.25, 0.3) is 0 Å². The Morgan fingerprint density at radius 2 is 1.89 bits per heavy atom. The highest BCUT2D eigenvalue weighted by atomic mass is 19.1. The number of hydrogen-bond donors (Lipinski definition) is 1. The summed E-state index contributed by atoms with van der Waals surface area (Å²) >= 11 is 0. The fourth-order valence-corrected chi connectivity index (χ4v) is 2.07. The van der Waals surface area contributed by atoms with E-state index in [1.807, 2.05) is 30.3 Å². The van der Waals surface area contributed by atoms with E-state index in [-0.39, 0.29) is 24.1 Å². The molecule has 0 saturated heterocycles. The molecule has 98 valence electrons. The first-order valence-electron chi connectivity index (χ1n) is 6.18. The number of hydrogen-bond acceptors (Lipinski definition) is 2. The van der Waals surface area contributed by atoms with Crippen molar-refractivity contribution in [1.29, 1.82) is 0 Å². The van der Waals surface area contributed by atoms with Crippen LogP contribution in [0.15, 0.2) is 48.5 Å². The third-order valence-electron chi connectivity index (χ3n) is 3.12. The molecule has 0 radical (unpaired) electrons. The Hall–Kier alpha value is -2.00. The van der Waals surface area contributed by atoms with Gasteiger partial charge in [-0.1, -0.05) is 30.3 Å². The zero-order valence-electron chi connectivity index (χ0n) is 10.8. The predicted octanol–water partition coefficient (Wildman–Crippen LogP) is 3.41. The molecule has 0 aromatic heterocycles. The molecule has 2 aromatic rings. The van der Waals surface area contributed by atoms with E-state index in [0.29, 0.717) is 11.1 Å². The van der Waals surface area contributed by atoms with Gasteiger partial charge in [-0.25, -0.2) is 4.39 Å². The molecule has 0 aliphatic carbocycles. The summed E-state index contributed by atoms with van der Waals surface area (Å²) in [6, 6.07) is 13.3. The standard InChI is InChI=1S/C16H16FNO/c1-11-9-13(17)7-8-14(11)16(19)10-15(18)12-5-3-2-4-6-12/h2-9,15H,10,18H2,1H3. The molecule has 2 nitrogen and oxygen atoms in total. The third-order valence-corrected chi connectivity index (χ3v) is 3.12. The molecule has 19 heavy (non-hydrogen) atoms. The molecule has 2 rings (SSSR count). The van der Waals surface area contributed by atoms with Crippen LogP contribution in [-0.2, 0) is 0 Å². The number of carbonyl (C=O) groups is 1. The number of aryl methyl sites for hydroxylation is 1. The summed E-state index contributed by atoms with van der Waals surface area (Å²) in [5, 5.41) is 0. The second-order valence-corrected chi connectivity index (χ2v) is 4.60. The van der Waals surface area contributed by atoms with Gasteiger partial charge >= 0.3 is 0 Å². The molecule has 0 aliphatic heterocycles. The molecule has 0 bridgehead atoms. The summed E-state index contributed by atoms with van der Waals surface area (Å²) < 4.78 is 13.0. The van der Waals surface area contributed by atoms with Crippen molar-refractivity contribution in [3.63, 3.8) is 0 Å². The van der Waals surface area contributed by atoms with Gasteiger partial charge in [-0.15, -0.1) is 0 Å². The highest BCUT2D eigenvalue weighted by Gasteiger charge is 2.15. The van der Waals surface area contributed by atoms with E-state index in [2.05, 4.69) is 0 Å². The van der Waals surface area contributed by atoms with Gasteiger partial charge in [0.15, 0.2) is 5.78 Å². The quantitative estimate of drug-likeness (QED) is 0.853. The molecule has 2 aromatic carbocycles. The Morgan fingerprint density at radius 1 is 1.21 bits per heavy atom. The summed E-state index contributed by atoms with van der Waals surface area (Å²) in [6.45, 7) is 1.73. The number of halogens is 1. The maximum atomic E-state index is 13.0. The minimum atomic E-state index is -0.335. The Morgan fingerprint density at radius 3 is 2.53 bits per heavy atom. The average Bonchev–Trinajstić information content (AvgIpc) is 2.39. The van der Waals surface area contributed by atoms with Crippen LogP contribution in [0.4, 0.5) is 4.39 Å². The van der Waals surface area contributed by atoms with Gasteiger partial charge in [0.25, 0.3) is 0 Å². The molecule has 2 N–H and O–H groups in total. The van der Waals surface area contributed by atoms with Crippen molar-refractivity contribution in [2.45, 2.75) is 19.4 Å². The third kappa shape index (κ3) is 3.26. The SMILES string of the molecule is Cc1cc(F)ccc1C(=O)CC(N)c1ccccc1. The highest BCUT2D eigenvalue weighted by molar-refractivity contribution is 5.97. The number of ketones is 1. The maximum Gasteiger partial charge on any atom is 0.165 e. The lowest BCUT2D eigenvalue weighted by atomic mass is 9.96. The van der Waals surface area contributed by atoms with Gasteiger partial charge in [0.1, 0.15) is 5.82 Å². The van der Waals surface area contributed by atoms with Crippen molar-refractivity contribution in [2.75, 3.05) is 0 Å². The van der Waals surface area contributed by atoms with Crippen molar-refractivity contribution in [3.05, 3.63) is 71.0 Å². The van der Waals surface area contributed by atoms with Crippen molar-refractivity contribution in [1.82, 2.24) is 0 Å². The smallest absolute Gasteiger partial charge is 0.165 e. The van der Waals surface area contributed by atoms with Crippen molar-refractivity contribution >= 4 is 5.78 Å². The van der Waals surface area contributed by atoms with E-state index in [1.165, 1.54) is 18.2 Å². The van der Waals surface area contributed by atoms with Crippen molar-refractivity contribution < 1.29 is 9.18 Å². The zero-order chi connectivity index (χ0) is 13.8. The fourth-order valence-electron chi connectivity index (χ4n) is 2.07. The van der Waals surface area contributed by atoms with Crippen molar-refractivity contribution in [2.24, 2.45) is 5.73 Å². The molecular weight excluding hydrogens is 241 g/mol. The molecule has 0 fully saturated rings. The Labute approximate surface area is 112 Å². The molecule has 0 saturated carbocycles. The normalized spacial score (nSPS) is 12.2. The maximum absolute atomic E-state index is 13.0. The second kappa shape index (κ2) is 5.76. The summed E-state index contributed by atoms with van der Waals surface area (Å²) in [7, 11) is 0. The minimum Gasteiger partial charge on any atom is -0.324 e. The van der Waals surface area contributed by atoms with Crippen LogP contribution in [0.2, 0.25) is 0 Å². The fraction of sp³-hybridized carbons (Fsp3) is 0.188. The molecule has 0 spiro atoms. The van der Waals surface area contributed by atoms with E-state index in [9.17, 15) is 9.18 Å². The van der Waals surface area contributed by atoms with Crippen molar-refractivity contribution in [3.8, 4) is 0 Å². The molecular formula is C16H16FNO. The largest absolute Gasteiger partial charge is 0.324 e. The first kappa shape index (κ1) is 13.4. The van der Waals surface area contributed by atoms with Crippen LogP contribution in [0.5, 0.6) is 0 Å². The zero-order valence-corrected chi connectivity index (χ0v) is 10.8. The Kier molecular flexibility index (Phi) is 4.07. The summed E-state index contributed by atoms with van der Waals surface area (Å²) in [5.74, 6) is -0.393. The minimum absolute atomic E-state index is 0.0612. The van der Waals surface area contributed by atoms with Gasteiger partial charge in [0.2, 0.25) is 0 Å². The summed E-state index contributed by atoms with van der Waals surface area (Å²) in [4.78, 5) is 12.2. The van der Waals surface area contributed by atoms with Gasteiger partial charge in [0.05, 0.1) is 0 Å². The molecule has 1 atom stereocenters. The van der Waals surface area contributed by atoms with Gasteiger partial charge in [-0.2, -0.15) is 0 Å². The van der Waals surface area contributed by atoms with E-state index >= 15 is 0 Å². The Balaban J connectivity index is 2.13. The molecule has 3 heteroatoms. The van der Waals surface area contributed by atoms with E-state index in [1.54, 1.807) is 6.92 Å². The molecule has 1 unspecified atom stereocenters. The molecule has 0 aliphatic rings. The number of carbonyl (C=O) groups excluding carboxylic acids is 1. The van der Waals surface area contributed by atoms with Crippen LogP contribution < -0.4 is 5.73 Å². The van der Waals surface area contributed by atoms with Gasteiger partial charge < -0.3 is 5.73 Å². The lowest BCUT2D eigenvalue weighted by molar-refractivity contribution is 0.0973. The van der Waals surface area contributed by atoms with Gasteiger partial charge in [-0.05, 0) is 36.2 Å². The predicted molar refractivity (Wildman–Crippen MR) is 73.5 cm³/mol. The number of nitrogens with two attached hydrogens (primary N) is 1. The number of benzene rings is 2. The van der Waals surface area contributed by atoms with E-state index < -0.39 is 0 Å². The van der Waals surface area contributed by atoms with Crippen LogP contribution in [0, 0.1) is 12.7 Å². The molecule has 0 amide bonds. The average molecular weight is 257 g/mol. The van der Waals surface area contributed by atoms with Gasteiger partial charge in [0, 0.05) is 18.0 Å². The second-order valence-electron chi connectivity index (χ2n) is 4.60. The molecule has 0 heterocycles. The lowest BCUT2D eigenvalue weighted by Crippen LogP contribution is -2.16. The first-order valence-corrected chi connectivity index (χ1v) is 6.18. The monoisotopic (exact) mass is 257 g/mol. The number of Topliss-reactive ketones (excluding diaryl/α,β-unsaturated/α-hetero) is 1. The summed E-state index contributed by atoms with van der Waals surface area (Å²) in [5.41, 5.74) is 8.12. The topological polar surface area (TPSA) is 43.1 Å². The lowest BCUT2D eigenvalue weighted by Gasteiger charge is -2.12. The van der Waals surface area contributed by atoms with Crippen LogP contribution in [0.3, 0.4) is 0 Å².